The number of hydrogen-bond donors (Lipinski definition) is 4. The number of aliphatic hydroxyl groups excluding tert-OH is 1. The van der Waals surface area contributed by atoms with Crippen LogP contribution in [0, 0.1) is 11.8 Å². The van der Waals surface area contributed by atoms with E-state index in [2.05, 4.69) is 10.6 Å². The Morgan fingerprint density at radius 3 is 2.59 bits per heavy atom. The van der Waals surface area contributed by atoms with Crippen LogP contribution in [-0.2, 0) is 6.42 Å². The number of benzene rings is 1. The molecule has 1 aromatic rings. The fourth-order valence-corrected chi connectivity index (χ4v) is 4.21. The third kappa shape index (κ3) is 3.70. The van der Waals surface area contributed by atoms with Gasteiger partial charge in [-0.2, -0.15) is 0 Å². The quantitative estimate of drug-likeness (QED) is 0.625. The van der Waals surface area contributed by atoms with Crippen molar-refractivity contribution < 1.29 is 10.2 Å². The van der Waals surface area contributed by atoms with Crippen LogP contribution >= 0.6 is 12.2 Å². The van der Waals surface area contributed by atoms with E-state index in [4.69, 9.17) is 12.2 Å². The van der Waals surface area contributed by atoms with Gasteiger partial charge in [0.05, 0.1) is 12.6 Å². The minimum absolute atomic E-state index is 0.0272. The summed E-state index contributed by atoms with van der Waals surface area (Å²) in [6, 6.07) is 7.46. The lowest BCUT2D eigenvalue weighted by Crippen LogP contribution is -2.49. The summed E-state index contributed by atoms with van der Waals surface area (Å²) in [6.07, 6.45) is 5.95. The molecule has 4 N–H and O–H groups in total. The number of aliphatic hydroxyl groups is 1. The Morgan fingerprint density at radius 2 is 2.00 bits per heavy atom. The highest BCUT2D eigenvalue weighted by Crippen LogP contribution is 2.44. The highest BCUT2D eigenvalue weighted by atomic mass is 32.1. The van der Waals surface area contributed by atoms with Crippen LogP contribution < -0.4 is 10.6 Å². The van der Waals surface area contributed by atoms with Gasteiger partial charge in [-0.25, -0.2) is 0 Å². The highest BCUT2D eigenvalue weighted by molar-refractivity contribution is 7.80. The Bertz CT molecular complexity index is 520. The first-order valence-corrected chi connectivity index (χ1v) is 8.50. The van der Waals surface area contributed by atoms with Crippen LogP contribution in [0.1, 0.15) is 31.2 Å². The molecule has 2 bridgehead atoms. The molecule has 2 fully saturated rings. The molecule has 5 heteroatoms. The van der Waals surface area contributed by atoms with Gasteiger partial charge >= 0.3 is 0 Å². The topological polar surface area (TPSA) is 64.5 Å². The molecule has 2 aliphatic rings. The van der Waals surface area contributed by atoms with E-state index >= 15 is 0 Å². The van der Waals surface area contributed by atoms with Crippen LogP contribution in [0.2, 0.25) is 0 Å². The largest absolute Gasteiger partial charge is 0.508 e. The summed E-state index contributed by atoms with van der Waals surface area (Å²) >= 11 is 5.41. The minimum Gasteiger partial charge on any atom is -0.508 e. The number of aromatic hydroxyl groups is 1. The molecule has 120 valence electrons. The number of nitrogens with one attached hydrogen (secondary N) is 2. The molecule has 0 unspecified atom stereocenters. The molecule has 1 aromatic carbocycles. The summed E-state index contributed by atoms with van der Waals surface area (Å²) in [7, 11) is 0. The van der Waals surface area contributed by atoms with E-state index in [1.54, 1.807) is 12.1 Å². The van der Waals surface area contributed by atoms with Gasteiger partial charge in [0.15, 0.2) is 5.11 Å². The van der Waals surface area contributed by atoms with Gasteiger partial charge in [-0.3, -0.25) is 0 Å². The fraction of sp³-hybridized carbons (Fsp3) is 0.588. The summed E-state index contributed by atoms with van der Waals surface area (Å²) in [4.78, 5) is 0. The van der Waals surface area contributed by atoms with Crippen molar-refractivity contribution in [3.63, 3.8) is 0 Å². The molecule has 0 aromatic heterocycles. The second-order valence-corrected chi connectivity index (χ2v) is 7.06. The van der Waals surface area contributed by atoms with Gasteiger partial charge in [0.1, 0.15) is 5.75 Å². The van der Waals surface area contributed by atoms with Crippen molar-refractivity contribution in [3.8, 4) is 5.75 Å². The first-order valence-electron chi connectivity index (χ1n) is 8.10. The molecule has 0 radical (unpaired) electrons. The number of thiocarbonyl (C=S) groups is 1. The Morgan fingerprint density at radius 1 is 1.23 bits per heavy atom. The number of fused-ring (bicyclic) bond motifs is 2. The van der Waals surface area contributed by atoms with Crippen molar-refractivity contribution in [2.45, 2.75) is 44.2 Å². The smallest absolute Gasteiger partial charge is 0.166 e. The Labute approximate surface area is 136 Å². The van der Waals surface area contributed by atoms with E-state index in [0.29, 0.717) is 17.6 Å². The maximum absolute atomic E-state index is 9.56. The van der Waals surface area contributed by atoms with Crippen molar-refractivity contribution in [2.24, 2.45) is 11.8 Å². The van der Waals surface area contributed by atoms with Crippen molar-refractivity contribution in [3.05, 3.63) is 29.8 Å². The van der Waals surface area contributed by atoms with E-state index < -0.39 is 0 Å². The maximum atomic E-state index is 9.56. The number of hydrogen-bond acceptors (Lipinski definition) is 3. The zero-order valence-electron chi connectivity index (χ0n) is 12.7. The van der Waals surface area contributed by atoms with Crippen molar-refractivity contribution >= 4 is 17.3 Å². The average molecular weight is 320 g/mol. The molecule has 4 nitrogen and oxygen atoms in total. The molecule has 0 aliphatic heterocycles. The van der Waals surface area contributed by atoms with Gasteiger partial charge in [-0.05, 0) is 67.4 Å². The second-order valence-electron chi connectivity index (χ2n) is 6.65. The Kier molecular flexibility index (Phi) is 4.84. The van der Waals surface area contributed by atoms with Gasteiger partial charge in [0.25, 0.3) is 0 Å². The van der Waals surface area contributed by atoms with E-state index in [0.717, 1.165) is 17.4 Å². The molecule has 0 spiro atoms. The third-order valence-corrected chi connectivity index (χ3v) is 5.26. The third-order valence-electron chi connectivity index (χ3n) is 5.03. The normalized spacial score (nSPS) is 27.6. The van der Waals surface area contributed by atoms with E-state index in [1.165, 1.54) is 25.7 Å². The Balaban J connectivity index is 1.49. The standard InChI is InChI=1S/C17H24N2O2S/c20-10-14(8-11-2-5-15(21)6-3-11)18-17(22)19-16-9-12-1-4-13(16)7-12/h2-3,5-6,12-14,16,20-21H,1,4,7-10H2,(H2,18,19,22)/t12-,13-,14+,16-/m0/s1. The van der Waals surface area contributed by atoms with Crippen LogP contribution in [0.5, 0.6) is 5.75 Å². The van der Waals surface area contributed by atoms with Crippen molar-refractivity contribution in [1.29, 1.82) is 0 Å². The van der Waals surface area contributed by atoms with E-state index in [-0.39, 0.29) is 18.4 Å². The fourth-order valence-electron chi connectivity index (χ4n) is 3.89. The zero-order chi connectivity index (χ0) is 15.5. The number of phenols is 1. The van der Waals surface area contributed by atoms with Crippen LogP contribution in [0.3, 0.4) is 0 Å². The van der Waals surface area contributed by atoms with Gasteiger partial charge in [0, 0.05) is 6.04 Å². The molecule has 2 saturated carbocycles. The van der Waals surface area contributed by atoms with Crippen LogP contribution in [0.4, 0.5) is 0 Å². The second kappa shape index (κ2) is 6.84. The summed E-state index contributed by atoms with van der Waals surface area (Å²) in [5.41, 5.74) is 1.06. The molecular weight excluding hydrogens is 296 g/mol. The molecule has 4 atom stereocenters. The van der Waals surface area contributed by atoms with Gasteiger partial charge < -0.3 is 20.8 Å². The van der Waals surface area contributed by atoms with Crippen molar-refractivity contribution in [2.75, 3.05) is 6.61 Å². The van der Waals surface area contributed by atoms with Crippen LogP contribution in [0.15, 0.2) is 24.3 Å². The molecule has 3 rings (SSSR count). The summed E-state index contributed by atoms with van der Waals surface area (Å²) in [5.74, 6) is 1.91. The SMILES string of the molecule is OC[C@@H](Cc1ccc(O)cc1)NC(=S)N[C@H]1C[C@H]2CC[C@H]1C2. The lowest BCUT2D eigenvalue weighted by Gasteiger charge is -2.26. The minimum atomic E-state index is -0.108. The van der Waals surface area contributed by atoms with Crippen LogP contribution in [0.25, 0.3) is 0 Å². The Hall–Kier alpha value is -1.33. The van der Waals surface area contributed by atoms with Crippen LogP contribution in [-0.4, -0.2) is 34.0 Å². The number of phenolic OH excluding ortho intramolecular Hbond substituents is 1. The van der Waals surface area contributed by atoms with Gasteiger partial charge in [-0.15, -0.1) is 0 Å². The highest BCUT2D eigenvalue weighted by Gasteiger charge is 2.39. The number of rotatable bonds is 5. The first kappa shape index (κ1) is 15.6. The van der Waals surface area contributed by atoms with E-state index in [1.807, 2.05) is 12.1 Å². The molecule has 22 heavy (non-hydrogen) atoms. The first-order chi connectivity index (χ1) is 10.6. The molecule has 0 amide bonds. The molecule has 0 saturated heterocycles. The summed E-state index contributed by atoms with van der Waals surface area (Å²) in [6.45, 7) is 0.0272. The maximum Gasteiger partial charge on any atom is 0.166 e. The summed E-state index contributed by atoms with van der Waals surface area (Å²) < 4.78 is 0. The monoisotopic (exact) mass is 320 g/mol. The zero-order valence-corrected chi connectivity index (χ0v) is 13.5. The summed E-state index contributed by atoms with van der Waals surface area (Å²) in [5, 5.41) is 26.2. The lowest BCUT2D eigenvalue weighted by atomic mass is 9.95. The molecule has 2 aliphatic carbocycles. The average Bonchev–Trinajstić information content (AvgIpc) is 3.11. The van der Waals surface area contributed by atoms with Gasteiger partial charge in [0.2, 0.25) is 0 Å². The van der Waals surface area contributed by atoms with Crippen molar-refractivity contribution in [1.82, 2.24) is 10.6 Å². The predicted molar refractivity (Wildman–Crippen MR) is 90.8 cm³/mol. The van der Waals surface area contributed by atoms with Gasteiger partial charge in [-0.1, -0.05) is 18.6 Å². The molecular formula is C17H24N2O2S. The lowest BCUT2D eigenvalue weighted by molar-refractivity contribution is 0.254. The predicted octanol–water partition coefficient (Wildman–Crippen LogP) is 1.95. The van der Waals surface area contributed by atoms with E-state index in [9.17, 15) is 10.2 Å². The molecule has 0 heterocycles.